The molecule has 23 heavy (non-hydrogen) atoms. The van der Waals surface area contributed by atoms with Gasteiger partial charge in [0, 0.05) is 24.7 Å². The van der Waals surface area contributed by atoms with Crippen molar-refractivity contribution in [3.05, 3.63) is 11.8 Å². The molecule has 0 saturated carbocycles. The van der Waals surface area contributed by atoms with Gasteiger partial charge in [-0.25, -0.2) is 0 Å². The van der Waals surface area contributed by atoms with Crippen molar-refractivity contribution in [2.24, 2.45) is 5.92 Å². The number of nitrogens with zero attached hydrogens (tertiary/aromatic N) is 2. The molecule has 2 heterocycles. The Morgan fingerprint density at radius 3 is 2.83 bits per heavy atom. The normalized spacial score (nSPS) is 27.0. The molecule has 5 nitrogen and oxygen atoms in total. The minimum absolute atomic E-state index is 0.0590. The fourth-order valence-electron chi connectivity index (χ4n) is 3.99. The molecule has 0 aromatic carbocycles. The third kappa shape index (κ3) is 4.34. The number of amides is 1. The minimum Gasteiger partial charge on any atom is -0.350 e. The molecule has 3 rings (SSSR count). The number of hydrogen-bond acceptors (Lipinski definition) is 4. The SMILES string of the molecule is CCN(C(=O)CN1CCCC(C2OCCO2)C1)C1=CCCCC1. The molecule has 2 fully saturated rings. The predicted octanol–water partition coefficient (Wildman–Crippen LogP) is 2.38. The average molecular weight is 322 g/mol. The van der Waals surface area contributed by atoms with Crippen molar-refractivity contribution in [3.63, 3.8) is 0 Å². The third-order valence-corrected chi connectivity index (χ3v) is 5.16. The van der Waals surface area contributed by atoms with Crippen LogP contribution in [0.3, 0.4) is 0 Å². The summed E-state index contributed by atoms with van der Waals surface area (Å²) in [5.41, 5.74) is 1.24. The number of carbonyl (C=O) groups is 1. The van der Waals surface area contributed by atoms with Gasteiger partial charge in [-0.1, -0.05) is 6.08 Å². The number of carbonyl (C=O) groups excluding carboxylic acids is 1. The van der Waals surface area contributed by atoms with E-state index in [0.717, 1.165) is 45.3 Å². The number of ether oxygens (including phenoxy) is 2. The second-order valence-electron chi connectivity index (χ2n) is 6.83. The van der Waals surface area contributed by atoms with Crippen LogP contribution in [0.1, 0.15) is 45.4 Å². The zero-order valence-corrected chi connectivity index (χ0v) is 14.3. The quantitative estimate of drug-likeness (QED) is 0.779. The van der Waals surface area contributed by atoms with Crippen LogP contribution in [-0.4, -0.2) is 61.4 Å². The Balaban J connectivity index is 1.54. The van der Waals surface area contributed by atoms with Crippen molar-refractivity contribution >= 4 is 5.91 Å². The van der Waals surface area contributed by atoms with E-state index in [0.29, 0.717) is 25.7 Å². The molecule has 1 amide bonds. The van der Waals surface area contributed by atoms with E-state index in [2.05, 4.69) is 17.9 Å². The van der Waals surface area contributed by atoms with Crippen LogP contribution >= 0.6 is 0 Å². The zero-order valence-electron chi connectivity index (χ0n) is 14.3. The lowest BCUT2D eigenvalue weighted by molar-refractivity contribution is -0.133. The van der Waals surface area contributed by atoms with Crippen LogP contribution in [0, 0.1) is 5.92 Å². The fourth-order valence-corrected chi connectivity index (χ4v) is 3.99. The molecule has 2 aliphatic heterocycles. The van der Waals surface area contributed by atoms with Crippen LogP contribution in [0.4, 0.5) is 0 Å². The van der Waals surface area contributed by atoms with E-state index in [9.17, 15) is 4.79 Å². The lowest BCUT2D eigenvalue weighted by Crippen LogP contribution is -2.46. The molecule has 0 aromatic heterocycles. The molecule has 130 valence electrons. The molecule has 5 heteroatoms. The molecule has 0 radical (unpaired) electrons. The summed E-state index contributed by atoms with van der Waals surface area (Å²) in [5, 5.41) is 0. The maximum absolute atomic E-state index is 12.8. The lowest BCUT2D eigenvalue weighted by Gasteiger charge is -2.36. The van der Waals surface area contributed by atoms with Crippen LogP contribution in [-0.2, 0) is 14.3 Å². The molecule has 0 N–H and O–H groups in total. The zero-order chi connectivity index (χ0) is 16.1. The number of hydrogen-bond donors (Lipinski definition) is 0. The van der Waals surface area contributed by atoms with E-state index in [1.807, 2.05) is 4.90 Å². The monoisotopic (exact) mass is 322 g/mol. The Bertz CT molecular complexity index is 432. The topological polar surface area (TPSA) is 42.0 Å². The number of likely N-dealkylation sites (N-methyl/N-ethyl adjacent to an activating group) is 1. The number of likely N-dealkylation sites (tertiary alicyclic amines) is 1. The van der Waals surface area contributed by atoms with Gasteiger partial charge in [-0.05, 0) is 52.0 Å². The van der Waals surface area contributed by atoms with E-state index in [4.69, 9.17) is 9.47 Å². The summed E-state index contributed by atoms with van der Waals surface area (Å²) < 4.78 is 11.3. The largest absolute Gasteiger partial charge is 0.350 e. The Morgan fingerprint density at radius 2 is 2.13 bits per heavy atom. The lowest BCUT2D eigenvalue weighted by atomic mass is 9.97. The molecular weight excluding hydrogens is 292 g/mol. The maximum atomic E-state index is 12.8. The summed E-state index contributed by atoms with van der Waals surface area (Å²) in [7, 11) is 0. The summed E-state index contributed by atoms with van der Waals surface area (Å²) in [6.45, 7) is 6.70. The van der Waals surface area contributed by atoms with E-state index >= 15 is 0 Å². The van der Waals surface area contributed by atoms with Crippen LogP contribution in [0.2, 0.25) is 0 Å². The van der Waals surface area contributed by atoms with Crippen LogP contribution in [0.5, 0.6) is 0 Å². The van der Waals surface area contributed by atoms with Gasteiger partial charge >= 0.3 is 0 Å². The van der Waals surface area contributed by atoms with E-state index < -0.39 is 0 Å². The van der Waals surface area contributed by atoms with Crippen LogP contribution in [0.25, 0.3) is 0 Å². The molecular formula is C18H30N2O3. The molecule has 1 atom stereocenters. The summed E-state index contributed by atoms with van der Waals surface area (Å²) in [6, 6.07) is 0. The van der Waals surface area contributed by atoms with Gasteiger partial charge in [0.15, 0.2) is 6.29 Å². The summed E-state index contributed by atoms with van der Waals surface area (Å²) in [5.74, 6) is 0.651. The summed E-state index contributed by atoms with van der Waals surface area (Å²) in [4.78, 5) is 17.0. The first kappa shape index (κ1) is 16.9. The van der Waals surface area contributed by atoms with Gasteiger partial charge in [-0.3, -0.25) is 9.69 Å². The number of piperidine rings is 1. The number of allylic oxidation sites excluding steroid dienone is 2. The van der Waals surface area contributed by atoms with Crippen molar-refractivity contribution < 1.29 is 14.3 Å². The van der Waals surface area contributed by atoms with E-state index in [1.54, 1.807) is 0 Å². The van der Waals surface area contributed by atoms with Crippen LogP contribution in [0.15, 0.2) is 11.8 Å². The Morgan fingerprint density at radius 1 is 1.30 bits per heavy atom. The molecule has 3 aliphatic rings. The van der Waals surface area contributed by atoms with Crippen molar-refractivity contribution in [1.29, 1.82) is 0 Å². The maximum Gasteiger partial charge on any atom is 0.240 e. The first-order valence-electron chi connectivity index (χ1n) is 9.23. The Labute approximate surface area is 139 Å². The Kier molecular flexibility index (Phi) is 6.08. The molecule has 2 saturated heterocycles. The summed E-state index contributed by atoms with van der Waals surface area (Å²) in [6.07, 6.45) is 9.07. The highest BCUT2D eigenvalue weighted by Crippen LogP contribution is 2.25. The van der Waals surface area contributed by atoms with Crippen molar-refractivity contribution in [2.45, 2.75) is 51.7 Å². The standard InChI is InChI=1S/C18H30N2O3/c1-2-20(16-8-4-3-5-9-16)17(21)14-19-10-6-7-15(13-19)18-22-11-12-23-18/h8,15,18H,2-7,9-14H2,1H3. The minimum atomic E-state index is -0.0590. The molecule has 1 aliphatic carbocycles. The van der Waals surface area contributed by atoms with Gasteiger partial charge < -0.3 is 14.4 Å². The smallest absolute Gasteiger partial charge is 0.240 e. The van der Waals surface area contributed by atoms with Gasteiger partial charge in [-0.15, -0.1) is 0 Å². The van der Waals surface area contributed by atoms with E-state index in [1.165, 1.54) is 18.5 Å². The average Bonchev–Trinajstić information content (AvgIpc) is 3.11. The predicted molar refractivity (Wildman–Crippen MR) is 88.8 cm³/mol. The molecule has 0 spiro atoms. The molecule has 1 unspecified atom stereocenters. The third-order valence-electron chi connectivity index (χ3n) is 5.16. The second-order valence-corrected chi connectivity index (χ2v) is 6.83. The highest BCUT2D eigenvalue weighted by molar-refractivity contribution is 5.80. The molecule has 0 bridgehead atoms. The van der Waals surface area contributed by atoms with Gasteiger partial charge in [-0.2, -0.15) is 0 Å². The highest BCUT2D eigenvalue weighted by Gasteiger charge is 2.32. The van der Waals surface area contributed by atoms with Crippen molar-refractivity contribution in [1.82, 2.24) is 9.80 Å². The fraction of sp³-hybridized carbons (Fsp3) is 0.833. The Hall–Kier alpha value is -0.910. The van der Waals surface area contributed by atoms with E-state index in [-0.39, 0.29) is 12.2 Å². The van der Waals surface area contributed by atoms with Crippen LogP contribution < -0.4 is 0 Å². The van der Waals surface area contributed by atoms with Gasteiger partial charge in [0.1, 0.15) is 0 Å². The highest BCUT2D eigenvalue weighted by atomic mass is 16.7. The number of rotatable bonds is 5. The first-order chi connectivity index (χ1) is 11.3. The van der Waals surface area contributed by atoms with Gasteiger partial charge in [0.05, 0.1) is 19.8 Å². The first-order valence-corrected chi connectivity index (χ1v) is 9.23. The van der Waals surface area contributed by atoms with Crippen molar-refractivity contribution in [2.75, 3.05) is 39.4 Å². The summed E-state index contributed by atoms with van der Waals surface area (Å²) >= 11 is 0. The molecule has 0 aromatic rings. The van der Waals surface area contributed by atoms with Gasteiger partial charge in [0.2, 0.25) is 5.91 Å². The van der Waals surface area contributed by atoms with Gasteiger partial charge in [0.25, 0.3) is 0 Å². The van der Waals surface area contributed by atoms with Crippen molar-refractivity contribution in [3.8, 4) is 0 Å². The second kappa shape index (κ2) is 8.27.